The molecule has 9 heteroatoms. The van der Waals surface area contributed by atoms with Crippen molar-refractivity contribution in [3.63, 3.8) is 0 Å². The highest BCUT2D eigenvalue weighted by molar-refractivity contribution is 7.44. The van der Waals surface area contributed by atoms with Crippen molar-refractivity contribution < 1.29 is 34.3 Å². The third kappa shape index (κ3) is 4.18. The van der Waals surface area contributed by atoms with Gasteiger partial charge in [0.15, 0.2) is 0 Å². The van der Waals surface area contributed by atoms with Crippen LogP contribution in [0.3, 0.4) is 0 Å². The van der Waals surface area contributed by atoms with Crippen LogP contribution >= 0.6 is 0 Å². The lowest BCUT2D eigenvalue weighted by Crippen LogP contribution is -2.64. The van der Waals surface area contributed by atoms with Crippen molar-refractivity contribution in [3.05, 3.63) is 12.1 Å². The van der Waals surface area contributed by atoms with Crippen molar-refractivity contribution >= 4 is 36.4 Å². The van der Waals surface area contributed by atoms with E-state index in [1.54, 1.807) is 39.8 Å². The molecule has 5 N–H and O–H groups in total. The van der Waals surface area contributed by atoms with E-state index in [9.17, 15) is 5.11 Å². The molecule has 1 saturated heterocycles. The zero-order valence-corrected chi connectivity index (χ0v) is 18.2. The van der Waals surface area contributed by atoms with Crippen molar-refractivity contribution in [3.8, 4) is 5.75 Å². The van der Waals surface area contributed by atoms with Crippen LogP contribution in [0.4, 0.5) is 11.4 Å². The summed E-state index contributed by atoms with van der Waals surface area (Å²) in [5.74, 6) is 0.389. The van der Waals surface area contributed by atoms with Crippen LogP contribution in [-0.4, -0.2) is 34.6 Å². The first-order valence-electron chi connectivity index (χ1n) is 8.94. The highest BCUT2D eigenvalue weighted by Gasteiger charge is 2.53. The van der Waals surface area contributed by atoms with E-state index in [4.69, 9.17) is 31.5 Å². The minimum atomic E-state index is -1.10. The average Bonchev–Trinajstić information content (AvgIpc) is 2.72. The molecule has 1 aliphatic heterocycles. The Hall–Kier alpha value is -1.10. The van der Waals surface area contributed by atoms with E-state index >= 15 is 0 Å². The lowest BCUT2D eigenvalue weighted by molar-refractivity contribution is -0.347. The summed E-state index contributed by atoms with van der Waals surface area (Å²) in [5, 5.41) is 10.2. The molecule has 0 amide bonds. The number of benzene rings is 1. The van der Waals surface area contributed by atoms with Gasteiger partial charge in [0, 0.05) is 0 Å². The van der Waals surface area contributed by atoms with E-state index in [2.05, 4.69) is 10.1 Å². The second-order valence-corrected chi connectivity index (χ2v) is 9.14. The van der Waals surface area contributed by atoms with Crippen molar-refractivity contribution in [1.82, 2.24) is 0 Å². The molecule has 150 valence electrons. The lowest BCUT2D eigenvalue weighted by atomic mass is 9.77. The molecule has 0 aromatic heterocycles. The summed E-state index contributed by atoms with van der Waals surface area (Å²) in [6, 6.07) is 3.53. The van der Waals surface area contributed by atoms with E-state index in [-0.39, 0.29) is 0 Å². The number of rotatable bonds is 6. The first-order valence-corrected chi connectivity index (χ1v) is 9.34. The van der Waals surface area contributed by atoms with Crippen LogP contribution in [0.5, 0.6) is 5.75 Å². The third-order valence-electron chi connectivity index (χ3n) is 5.72. The Morgan fingerprint density at radius 3 is 2.07 bits per heavy atom. The normalized spacial score (nSPS) is 19.3. The summed E-state index contributed by atoms with van der Waals surface area (Å²) < 4.78 is 14.9. The maximum Gasteiger partial charge on any atom is 0.502 e. The Morgan fingerprint density at radius 2 is 1.63 bits per heavy atom. The molecule has 2 rings (SSSR count). The maximum absolute atomic E-state index is 10.2. The molecule has 0 atom stereocenters. The predicted molar refractivity (Wildman–Crippen MR) is 105 cm³/mol. The number of hydrogen-bond acceptors (Lipinski definition) is 6. The second-order valence-electron chi connectivity index (χ2n) is 8.93. The first-order chi connectivity index (χ1) is 12.1. The van der Waals surface area contributed by atoms with E-state index in [0.29, 0.717) is 17.1 Å². The first kappa shape index (κ1) is 22.2. The van der Waals surface area contributed by atoms with Crippen molar-refractivity contribution in [2.24, 2.45) is 0 Å². The van der Waals surface area contributed by atoms with E-state index in [1.807, 2.05) is 27.7 Å². The highest BCUT2D eigenvalue weighted by Crippen LogP contribution is 2.38. The van der Waals surface area contributed by atoms with Gasteiger partial charge in [-0.2, -0.15) is 4.89 Å². The van der Waals surface area contributed by atoms with Crippen LogP contribution in [0.2, 0.25) is 0 Å². The molecule has 1 aliphatic rings. The van der Waals surface area contributed by atoms with Crippen LogP contribution in [0.15, 0.2) is 12.1 Å². The molecular weight excluding hydrogens is 367 g/mol. The summed E-state index contributed by atoms with van der Waals surface area (Å²) in [6.45, 7) is 14.7. The van der Waals surface area contributed by atoms with Crippen LogP contribution < -0.4 is 20.4 Å². The van der Waals surface area contributed by atoms with Gasteiger partial charge >= 0.3 is 7.12 Å². The quantitative estimate of drug-likeness (QED) is 0.359. The van der Waals surface area contributed by atoms with Crippen LogP contribution in [0.1, 0.15) is 55.4 Å². The van der Waals surface area contributed by atoms with Gasteiger partial charge in [0.05, 0.1) is 22.3 Å². The summed E-state index contributed by atoms with van der Waals surface area (Å²) in [7, 11) is -0.580. The fourth-order valence-electron chi connectivity index (χ4n) is 2.26. The summed E-state index contributed by atoms with van der Waals surface area (Å²) in [5.41, 5.74) is 2.91. The minimum Gasteiger partial charge on any atom is -0.399 e. The Labute approximate surface area is 166 Å². The highest BCUT2D eigenvalue weighted by atomic mass is 32.1. The standard InChI is InChI=1S/C18H29BN2O5S/c1-15(2,22)16(3,4)26-23-12-10-9-11(14(21-27)13(12)20)19-24-17(5,6)18(7,8)25-19/h9-10,22H,20H2,1-8H3/p+2. The molecule has 0 unspecified atom stereocenters. The van der Waals surface area contributed by atoms with E-state index in [1.165, 1.54) is 0 Å². The predicted octanol–water partition coefficient (Wildman–Crippen LogP) is 0.162. The van der Waals surface area contributed by atoms with Gasteiger partial charge in [-0.05, 0) is 61.5 Å². The number of aliphatic hydroxyl groups is 1. The molecule has 7 nitrogen and oxygen atoms in total. The van der Waals surface area contributed by atoms with Gasteiger partial charge in [0.2, 0.25) is 11.4 Å². The SMILES string of the molecule is CC(C)(O)C(C)(C)OOc1ccc(B2OC(C)(C)C(C)(C)O2)c([NH+]=S)c1[NH3+]. The molecule has 1 aromatic carbocycles. The number of quaternary nitrogens is 1. The Bertz CT molecular complexity index is 715. The van der Waals surface area contributed by atoms with Crippen molar-refractivity contribution in [2.45, 2.75) is 77.8 Å². The molecule has 0 radical (unpaired) electrons. The Morgan fingerprint density at radius 1 is 1.11 bits per heavy atom. The largest absolute Gasteiger partial charge is 0.502 e. The van der Waals surface area contributed by atoms with Crippen molar-refractivity contribution in [2.75, 3.05) is 0 Å². The zero-order valence-electron chi connectivity index (χ0n) is 17.4. The van der Waals surface area contributed by atoms with Crippen LogP contribution in [0.25, 0.3) is 0 Å². The van der Waals surface area contributed by atoms with Gasteiger partial charge in [-0.15, -0.1) is 4.36 Å². The molecule has 0 spiro atoms. The summed E-state index contributed by atoms with van der Waals surface area (Å²) in [4.78, 5) is 11.0. The smallest absolute Gasteiger partial charge is 0.399 e. The van der Waals surface area contributed by atoms with Crippen LogP contribution in [0, 0.1) is 0 Å². The molecule has 0 saturated carbocycles. The maximum atomic E-state index is 10.2. The molecular formula is C18H31BN2O5S+2. The molecule has 1 fully saturated rings. The monoisotopic (exact) mass is 398 g/mol. The number of nitrogens with one attached hydrogen (secondary N) is 1. The van der Waals surface area contributed by atoms with Gasteiger partial charge in [-0.25, -0.2) is 0 Å². The molecule has 1 heterocycles. The topological polar surface area (TPSA) is 98.8 Å². The Balaban J connectivity index is 2.30. The van der Waals surface area contributed by atoms with Crippen LogP contribution in [-0.2, 0) is 26.6 Å². The Kier molecular flexibility index (Phi) is 5.80. The molecule has 0 aliphatic carbocycles. The molecule has 1 aromatic rings. The zero-order chi connectivity index (χ0) is 20.8. The average molecular weight is 398 g/mol. The van der Waals surface area contributed by atoms with Gasteiger partial charge in [0.1, 0.15) is 5.60 Å². The molecule has 27 heavy (non-hydrogen) atoms. The van der Waals surface area contributed by atoms with Gasteiger partial charge in [-0.3, -0.25) is 0 Å². The van der Waals surface area contributed by atoms with Gasteiger partial charge in [-0.1, -0.05) is 6.07 Å². The summed E-state index contributed by atoms with van der Waals surface area (Å²) in [6.07, 6.45) is 0. The fraction of sp³-hybridized carbons (Fsp3) is 0.667. The lowest BCUT2D eigenvalue weighted by Gasteiger charge is -2.34. The van der Waals surface area contributed by atoms with E-state index in [0.717, 1.165) is 5.46 Å². The van der Waals surface area contributed by atoms with Crippen molar-refractivity contribution in [1.29, 1.82) is 0 Å². The summed E-state index contributed by atoms with van der Waals surface area (Å²) >= 11 is 5.08. The molecule has 0 bridgehead atoms. The third-order valence-corrected chi connectivity index (χ3v) is 5.93. The number of hydrogen-bond donors (Lipinski definition) is 3. The van der Waals surface area contributed by atoms with E-state index < -0.39 is 29.5 Å². The second kappa shape index (κ2) is 7.06. The minimum absolute atomic E-state index is 0.389. The van der Waals surface area contributed by atoms with Gasteiger partial charge in [0.25, 0.3) is 18.1 Å². The van der Waals surface area contributed by atoms with Gasteiger partial charge < -0.3 is 25.0 Å². The fourth-order valence-corrected chi connectivity index (χ4v) is 2.50.